The molecule has 8 heteroatoms. The molecule has 1 N–H and O–H groups in total. The van der Waals surface area contributed by atoms with E-state index in [1.165, 1.54) is 0 Å². The van der Waals surface area contributed by atoms with Crippen molar-refractivity contribution in [2.45, 2.75) is 19.5 Å². The number of fused-ring (bicyclic) bond motifs is 2. The third-order valence-electron chi connectivity index (χ3n) is 6.18. The number of nitrogens with zero attached hydrogens (tertiary/aromatic N) is 3. The Hall–Kier alpha value is -3.68. The number of aromatic amines is 1. The maximum Gasteiger partial charge on any atom is 0.258 e. The number of carbonyl (C=O) groups excluding carboxylic acids is 1. The average Bonchev–Trinajstić information content (AvgIpc) is 2.87. The van der Waals surface area contributed by atoms with E-state index >= 15 is 0 Å². The number of rotatable bonds is 6. The molecule has 0 unspecified atom stereocenters. The van der Waals surface area contributed by atoms with Crippen molar-refractivity contribution < 1.29 is 9.53 Å². The van der Waals surface area contributed by atoms with Gasteiger partial charge in [-0.25, -0.2) is 4.98 Å². The van der Waals surface area contributed by atoms with E-state index in [0.29, 0.717) is 47.2 Å². The number of halogens is 1. The Balaban J connectivity index is 1.42. The van der Waals surface area contributed by atoms with Gasteiger partial charge >= 0.3 is 0 Å². The number of benzene rings is 3. The number of hydrogen-bond acceptors (Lipinski definition) is 5. The van der Waals surface area contributed by atoms with Gasteiger partial charge in [0.15, 0.2) is 0 Å². The number of nitrogens with one attached hydrogen (secondary N) is 1. The van der Waals surface area contributed by atoms with Gasteiger partial charge in [0, 0.05) is 5.02 Å². The molecule has 1 atom stereocenters. The first-order chi connectivity index (χ1) is 17.0. The number of H-pyrrole nitrogens is 1. The van der Waals surface area contributed by atoms with Crippen LogP contribution in [0.2, 0.25) is 5.02 Å². The summed E-state index contributed by atoms with van der Waals surface area (Å²) in [5.41, 5.74) is 2.07. The van der Waals surface area contributed by atoms with Gasteiger partial charge in [-0.15, -0.1) is 0 Å². The molecule has 0 aliphatic carbocycles. The fraction of sp³-hybridized carbons (Fsp3) is 0.222. The van der Waals surface area contributed by atoms with Crippen LogP contribution in [0.1, 0.15) is 24.4 Å². The van der Waals surface area contributed by atoms with Crippen LogP contribution in [0.15, 0.2) is 77.6 Å². The Morgan fingerprint density at radius 1 is 1.14 bits per heavy atom. The lowest BCUT2D eigenvalue weighted by Gasteiger charge is -2.38. The van der Waals surface area contributed by atoms with E-state index in [2.05, 4.69) is 9.97 Å². The molecule has 0 spiro atoms. The van der Waals surface area contributed by atoms with E-state index in [0.717, 1.165) is 11.3 Å². The first kappa shape index (κ1) is 23.1. The molecule has 3 aromatic carbocycles. The fourth-order valence-electron chi connectivity index (χ4n) is 4.41. The molecule has 1 aliphatic rings. The van der Waals surface area contributed by atoms with E-state index in [1.54, 1.807) is 18.2 Å². The molecule has 178 valence electrons. The predicted molar refractivity (Wildman–Crippen MR) is 137 cm³/mol. The van der Waals surface area contributed by atoms with Gasteiger partial charge < -0.3 is 9.72 Å². The maximum atomic E-state index is 13.7. The highest BCUT2D eigenvalue weighted by atomic mass is 35.5. The number of aromatic nitrogens is 2. The third kappa shape index (κ3) is 4.78. The zero-order chi connectivity index (χ0) is 24.4. The lowest BCUT2D eigenvalue weighted by atomic mass is 10.0. The zero-order valence-corrected chi connectivity index (χ0v) is 20.0. The number of ether oxygens (including phenoxy) is 1. The quantitative estimate of drug-likeness (QED) is 0.430. The molecule has 35 heavy (non-hydrogen) atoms. The van der Waals surface area contributed by atoms with E-state index in [4.69, 9.17) is 16.3 Å². The van der Waals surface area contributed by atoms with E-state index in [9.17, 15) is 9.59 Å². The van der Waals surface area contributed by atoms with Gasteiger partial charge in [-0.05, 0) is 42.4 Å². The lowest BCUT2D eigenvalue weighted by Crippen LogP contribution is -2.46. The Morgan fingerprint density at radius 2 is 1.91 bits per heavy atom. The smallest absolute Gasteiger partial charge is 0.258 e. The molecular weight excluding hydrogens is 464 g/mol. The van der Waals surface area contributed by atoms with Crippen LogP contribution in [0.4, 0.5) is 5.69 Å². The van der Waals surface area contributed by atoms with Gasteiger partial charge in [-0.1, -0.05) is 61.0 Å². The lowest BCUT2D eigenvalue weighted by molar-refractivity contribution is -0.120. The van der Waals surface area contributed by atoms with Crippen LogP contribution < -0.4 is 15.2 Å². The van der Waals surface area contributed by atoms with Crippen LogP contribution in [-0.4, -0.2) is 40.5 Å². The highest BCUT2D eigenvalue weighted by molar-refractivity contribution is 6.31. The number of carbonyl (C=O) groups is 1. The molecule has 1 aliphatic heterocycles. The van der Waals surface area contributed by atoms with Gasteiger partial charge in [0.1, 0.15) is 18.2 Å². The minimum absolute atomic E-state index is 0.0531. The summed E-state index contributed by atoms with van der Waals surface area (Å²) >= 11 is 6.09. The van der Waals surface area contributed by atoms with E-state index < -0.39 is 0 Å². The standard InChI is InChI=1S/C27H25ClN4O3/c1-2-31(15-25-29-21-14-19(28)12-13-20(21)27(34)30-25)16-26(33)32-22-10-6-7-11-24(22)35-17-23(32)18-8-4-3-5-9-18/h3-14,23H,2,15-17H2,1H3,(H,29,30,34)/t23-/m0/s1. The normalized spacial score (nSPS) is 15.2. The van der Waals surface area contributed by atoms with Crippen molar-refractivity contribution in [1.29, 1.82) is 0 Å². The molecule has 1 aromatic heterocycles. The van der Waals surface area contributed by atoms with Crippen molar-refractivity contribution in [2.24, 2.45) is 0 Å². The molecule has 0 radical (unpaired) electrons. The van der Waals surface area contributed by atoms with Gasteiger partial charge in [0.25, 0.3) is 5.56 Å². The van der Waals surface area contributed by atoms with Crippen molar-refractivity contribution in [3.8, 4) is 5.75 Å². The molecule has 5 rings (SSSR count). The summed E-state index contributed by atoms with van der Waals surface area (Å²) in [6, 6.07) is 22.3. The minimum Gasteiger partial charge on any atom is -0.489 e. The Kier molecular flexibility index (Phi) is 6.53. The topological polar surface area (TPSA) is 78.5 Å². The average molecular weight is 489 g/mol. The highest BCUT2D eigenvalue weighted by Gasteiger charge is 2.33. The SMILES string of the molecule is CCN(CC(=O)N1c2ccccc2OC[C@H]1c1ccccc1)Cc1nc2cc(Cl)ccc2c(=O)[nH]1. The van der Waals surface area contributed by atoms with Crippen LogP contribution in [0, 0.1) is 0 Å². The summed E-state index contributed by atoms with van der Waals surface area (Å²) in [6.07, 6.45) is 0. The van der Waals surface area contributed by atoms with E-state index in [-0.39, 0.29) is 24.1 Å². The van der Waals surface area contributed by atoms with Crippen LogP contribution in [0.5, 0.6) is 5.75 Å². The Bertz CT molecular complexity index is 1420. The predicted octanol–water partition coefficient (Wildman–Crippen LogP) is 4.57. The summed E-state index contributed by atoms with van der Waals surface area (Å²) < 4.78 is 5.99. The maximum absolute atomic E-state index is 13.7. The number of para-hydroxylation sites is 2. The fourth-order valence-corrected chi connectivity index (χ4v) is 4.58. The Morgan fingerprint density at radius 3 is 2.71 bits per heavy atom. The third-order valence-corrected chi connectivity index (χ3v) is 6.42. The molecule has 4 aromatic rings. The van der Waals surface area contributed by atoms with Crippen molar-refractivity contribution in [3.05, 3.63) is 99.6 Å². The first-order valence-corrected chi connectivity index (χ1v) is 11.9. The number of hydrogen-bond donors (Lipinski definition) is 1. The monoisotopic (exact) mass is 488 g/mol. The van der Waals surface area contributed by atoms with Crippen molar-refractivity contribution >= 4 is 34.1 Å². The minimum atomic E-state index is -0.238. The van der Waals surface area contributed by atoms with Gasteiger partial charge in [0.05, 0.1) is 35.7 Å². The van der Waals surface area contributed by atoms with Crippen LogP contribution in [0.3, 0.4) is 0 Å². The van der Waals surface area contributed by atoms with Crippen molar-refractivity contribution in [3.63, 3.8) is 0 Å². The first-order valence-electron chi connectivity index (χ1n) is 11.5. The molecular formula is C27H25ClN4O3. The summed E-state index contributed by atoms with van der Waals surface area (Å²) in [6.45, 7) is 3.43. The summed E-state index contributed by atoms with van der Waals surface area (Å²) in [7, 11) is 0. The molecule has 0 bridgehead atoms. The van der Waals surface area contributed by atoms with Crippen molar-refractivity contribution in [2.75, 3.05) is 24.6 Å². The van der Waals surface area contributed by atoms with E-state index in [1.807, 2.05) is 71.3 Å². The summed E-state index contributed by atoms with van der Waals surface area (Å²) in [5.74, 6) is 1.12. The number of likely N-dealkylation sites (N-methyl/N-ethyl adjacent to an activating group) is 1. The largest absolute Gasteiger partial charge is 0.489 e. The molecule has 2 heterocycles. The number of amides is 1. The van der Waals surface area contributed by atoms with Gasteiger partial charge in [0.2, 0.25) is 5.91 Å². The van der Waals surface area contributed by atoms with Crippen molar-refractivity contribution in [1.82, 2.24) is 14.9 Å². The molecule has 7 nitrogen and oxygen atoms in total. The highest BCUT2D eigenvalue weighted by Crippen LogP contribution is 2.39. The molecule has 0 fully saturated rings. The zero-order valence-electron chi connectivity index (χ0n) is 19.3. The molecule has 0 saturated carbocycles. The summed E-state index contributed by atoms with van der Waals surface area (Å²) in [4.78, 5) is 37.5. The summed E-state index contributed by atoms with van der Waals surface area (Å²) in [5, 5.41) is 0.995. The molecule has 0 saturated heterocycles. The van der Waals surface area contributed by atoms with Gasteiger partial charge in [-0.3, -0.25) is 19.4 Å². The second kappa shape index (κ2) is 9.90. The second-order valence-electron chi connectivity index (χ2n) is 8.45. The second-order valence-corrected chi connectivity index (χ2v) is 8.88. The molecule has 1 amide bonds. The Labute approximate surface area is 207 Å². The van der Waals surface area contributed by atoms with Crippen LogP contribution in [0.25, 0.3) is 10.9 Å². The van der Waals surface area contributed by atoms with Crippen LogP contribution in [-0.2, 0) is 11.3 Å². The number of anilines is 1. The van der Waals surface area contributed by atoms with Crippen LogP contribution >= 0.6 is 11.6 Å². The van der Waals surface area contributed by atoms with Gasteiger partial charge in [-0.2, -0.15) is 0 Å².